The monoisotopic (exact) mass is 342 g/mol. The highest BCUT2D eigenvalue weighted by Crippen LogP contribution is 2.33. The van der Waals surface area contributed by atoms with Crippen LogP contribution < -0.4 is 4.74 Å². The third kappa shape index (κ3) is 2.90. The van der Waals surface area contributed by atoms with Crippen molar-refractivity contribution in [3.05, 3.63) is 58.0 Å². The van der Waals surface area contributed by atoms with Crippen LogP contribution in [0.5, 0.6) is 5.75 Å². The number of aromatic nitrogens is 2. The lowest BCUT2D eigenvalue weighted by molar-refractivity contribution is -0.131. The fraction of sp³-hybridized carbons (Fsp3) is 0.167. The van der Waals surface area contributed by atoms with Crippen LogP contribution in [0.25, 0.3) is 10.9 Å². The van der Waals surface area contributed by atoms with E-state index >= 15 is 0 Å². The first kappa shape index (κ1) is 16.2. The molecule has 0 saturated carbocycles. The number of carbonyl (C=O) groups is 2. The fourth-order valence-corrected chi connectivity index (χ4v) is 2.80. The number of halogens is 1. The minimum atomic E-state index is -0.506. The number of aryl methyl sites for hydroxylation is 2. The van der Waals surface area contributed by atoms with E-state index in [1.807, 2.05) is 19.9 Å². The van der Waals surface area contributed by atoms with Gasteiger partial charge in [-0.1, -0.05) is 17.7 Å². The molecule has 0 amide bonds. The number of H-pyrrole nitrogens is 1. The number of carbonyl (C=O) groups excluding carboxylic acids is 2. The Hall–Kier alpha value is -2.66. The topological polar surface area (TPSA) is 72.1 Å². The first-order valence-corrected chi connectivity index (χ1v) is 7.72. The van der Waals surface area contributed by atoms with E-state index in [4.69, 9.17) is 16.3 Å². The van der Waals surface area contributed by atoms with Crippen molar-refractivity contribution >= 4 is 34.3 Å². The van der Waals surface area contributed by atoms with Crippen molar-refractivity contribution in [3.63, 3.8) is 0 Å². The van der Waals surface area contributed by atoms with Crippen LogP contribution in [-0.4, -0.2) is 21.7 Å². The van der Waals surface area contributed by atoms with Crippen LogP contribution in [0.1, 0.15) is 34.2 Å². The zero-order chi connectivity index (χ0) is 17.4. The van der Waals surface area contributed by atoms with E-state index in [9.17, 15) is 9.59 Å². The lowest BCUT2D eigenvalue weighted by Gasteiger charge is -2.06. The van der Waals surface area contributed by atoms with Crippen molar-refractivity contribution in [1.82, 2.24) is 9.97 Å². The lowest BCUT2D eigenvalue weighted by Crippen LogP contribution is -2.11. The summed E-state index contributed by atoms with van der Waals surface area (Å²) in [6, 6.07) is 6.94. The maximum Gasteiger partial charge on any atom is 0.308 e. The summed E-state index contributed by atoms with van der Waals surface area (Å²) in [4.78, 5) is 31.6. The molecule has 2 heterocycles. The maximum absolute atomic E-state index is 12.9. The van der Waals surface area contributed by atoms with Gasteiger partial charge in [0.1, 0.15) is 11.4 Å². The Morgan fingerprint density at radius 1 is 1.21 bits per heavy atom. The molecular formula is C18H15ClN2O3. The Bertz CT molecular complexity index is 976. The van der Waals surface area contributed by atoms with Crippen LogP contribution in [0.2, 0.25) is 5.02 Å². The Morgan fingerprint density at radius 3 is 2.62 bits per heavy atom. The first-order valence-electron chi connectivity index (χ1n) is 7.34. The van der Waals surface area contributed by atoms with Gasteiger partial charge in [0.2, 0.25) is 5.78 Å². The average Bonchev–Trinajstić information content (AvgIpc) is 2.83. The zero-order valence-electron chi connectivity index (χ0n) is 13.4. The van der Waals surface area contributed by atoms with Gasteiger partial charge < -0.3 is 9.72 Å². The second-order valence-corrected chi connectivity index (χ2v) is 6.06. The SMILES string of the molecule is CC(=O)Oc1c(C(=O)c2ncc(C)cc2C)[nH]c2cc(Cl)ccc12. The number of ketones is 1. The molecule has 0 bridgehead atoms. The van der Waals surface area contributed by atoms with Crippen molar-refractivity contribution in [2.75, 3.05) is 0 Å². The molecule has 0 radical (unpaired) electrons. The summed E-state index contributed by atoms with van der Waals surface area (Å²) in [5.74, 6) is -0.648. The maximum atomic E-state index is 12.9. The van der Waals surface area contributed by atoms with Gasteiger partial charge in [0.15, 0.2) is 5.75 Å². The molecule has 2 aromatic heterocycles. The van der Waals surface area contributed by atoms with Gasteiger partial charge in [-0.25, -0.2) is 0 Å². The molecule has 1 N–H and O–H groups in total. The van der Waals surface area contributed by atoms with Crippen molar-refractivity contribution in [3.8, 4) is 5.75 Å². The summed E-state index contributed by atoms with van der Waals surface area (Å²) in [6.07, 6.45) is 1.63. The average molecular weight is 343 g/mol. The van der Waals surface area contributed by atoms with Gasteiger partial charge in [0.25, 0.3) is 0 Å². The van der Waals surface area contributed by atoms with Gasteiger partial charge in [-0.3, -0.25) is 14.6 Å². The van der Waals surface area contributed by atoms with E-state index in [0.717, 1.165) is 11.1 Å². The molecule has 0 aliphatic rings. The van der Waals surface area contributed by atoms with E-state index in [-0.39, 0.29) is 17.2 Å². The summed E-state index contributed by atoms with van der Waals surface area (Å²) in [7, 11) is 0. The second-order valence-electron chi connectivity index (χ2n) is 5.62. The highest BCUT2D eigenvalue weighted by Gasteiger charge is 2.24. The number of rotatable bonds is 3. The van der Waals surface area contributed by atoms with E-state index < -0.39 is 5.97 Å². The van der Waals surface area contributed by atoms with E-state index in [2.05, 4.69) is 9.97 Å². The van der Waals surface area contributed by atoms with Crippen LogP contribution in [0.15, 0.2) is 30.5 Å². The van der Waals surface area contributed by atoms with Crippen molar-refractivity contribution in [1.29, 1.82) is 0 Å². The van der Waals surface area contributed by atoms with Gasteiger partial charge in [-0.05, 0) is 43.2 Å². The number of nitrogens with zero attached hydrogens (tertiary/aromatic N) is 1. The molecule has 0 unspecified atom stereocenters. The number of esters is 1. The third-order valence-electron chi connectivity index (χ3n) is 3.62. The van der Waals surface area contributed by atoms with Gasteiger partial charge in [-0.15, -0.1) is 0 Å². The molecule has 122 valence electrons. The molecular weight excluding hydrogens is 328 g/mol. The molecule has 3 aromatic rings. The first-order chi connectivity index (χ1) is 11.4. The molecule has 0 fully saturated rings. The van der Waals surface area contributed by atoms with E-state index in [1.54, 1.807) is 24.4 Å². The van der Waals surface area contributed by atoms with Crippen LogP contribution in [0.4, 0.5) is 0 Å². The standard InChI is InChI=1S/C18H15ClN2O3/c1-9-6-10(2)15(20-8-9)17(23)16-18(24-11(3)22)13-5-4-12(19)7-14(13)21-16/h4-8,21H,1-3H3. The quantitative estimate of drug-likeness (QED) is 0.577. The summed E-state index contributed by atoms with van der Waals surface area (Å²) < 4.78 is 5.28. The predicted octanol–water partition coefficient (Wildman–Crippen LogP) is 3.99. The highest BCUT2D eigenvalue weighted by atomic mass is 35.5. The number of pyridine rings is 1. The van der Waals surface area contributed by atoms with E-state index in [1.165, 1.54) is 6.92 Å². The second kappa shape index (κ2) is 6.09. The van der Waals surface area contributed by atoms with Crippen molar-refractivity contribution < 1.29 is 14.3 Å². The number of hydrogen-bond donors (Lipinski definition) is 1. The minimum absolute atomic E-state index is 0.182. The Morgan fingerprint density at radius 2 is 1.96 bits per heavy atom. The molecule has 5 nitrogen and oxygen atoms in total. The number of fused-ring (bicyclic) bond motifs is 1. The molecule has 0 aliphatic heterocycles. The minimum Gasteiger partial charge on any atom is -0.424 e. The molecule has 0 atom stereocenters. The Balaban J connectivity index is 2.20. The van der Waals surface area contributed by atoms with Crippen LogP contribution in [0.3, 0.4) is 0 Å². The van der Waals surface area contributed by atoms with Gasteiger partial charge in [0.05, 0.1) is 5.52 Å². The van der Waals surface area contributed by atoms with Gasteiger partial charge in [0, 0.05) is 23.5 Å². The number of benzene rings is 1. The molecule has 0 saturated heterocycles. The largest absolute Gasteiger partial charge is 0.424 e. The smallest absolute Gasteiger partial charge is 0.308 e. The number of ether oxygens (including phenoxy) is 1. The normalized spacial score (nSPS) is 10.8. The van der Waals surface area contributed by atoms with Crippen LogP contribution in [0, 0.1) is 13.8 Å². The lowest BCUT2D eigenvalue weighted by atomic mass is 10.1. The van der Waals surface area contributed by atoms with E-state index in [0.29, 0.717) is 21.6 Å². The Labute approximate surface area is 143 Å². The third-order valence-corrected chi connectivity index (χ3v) is 3.85. The number of aromatic amines is 1. The number of nitrogens with one attached hydrogen (secondary N) is 1. The van der Waals surface area contributed by atoms with Gasteiger partial charge >= 0.3 is 5.97 Å². The summed E-state index contributed by atoms with van der Waals surface area (Å²) >= 11 is 6.00. The molecule has 3 rings (SSSR count). The highest BCUT2D eigenvalue weighted by molar-refractivity contribution is 6.31. The number of hydrogen-bond acceptors (Lipinski definition) is 4. The van der Waals surface area contributed by atoms with Crippen molar-refractivity contribution in [2.45, 2.75) is 20.8 Å². The molecule has 24 heavy (non-hydrogen) atoms. The van der Waals surface area contributed by atoms with Gasteiger partial charge in [-0.2, -0.15) is 0 Å². The molecule has 0 aliphatic carbocycles. The zero-order valence-corrected chi connectivity index (χ0v) is 14.2. The summed E-state index contributed by atoms with van der Waals surface area (Å²) in [5.41, 5.74) is 2.83. The molecule has 0 spiro atoms. The molecule has 1 aromatic carbocycles. The predicted molar refractivity (Wildman–Crippen MR) is 91.8 cm³/mol. The van der Waals surface area contributed by atoms with Crippen LogP contribution >= 0.6 is 11.6 Å². The Kier molecular flexibility index (Phi) is 4.11. The molecule has 6 heteroatoms. The summed E-state index contributed by atoms with van der Waals surface area (Å²) in [5, 5.41) is 1.13. The fourth-order valence-electron chi connectivity index (χ4n) is 2.63. The van der Waals surface area contributed by atoms with Crippen LogP contribution in [-0.2, 0) is 4.79 Å². The summed E-state index contributed by atoms with van der Waals surface area (Å²) in [6.45, 7) is 5.01. The van der Waals surface area contributed by atoms with Crippen molar-refractivity contribution in [2.24, 2.45) is 0 Å².